The lowest BCUT2D eigenvalue weighted by molar-refractivity contribution is -0.139. The van der Waals surface area contributed by atoms with Crippen molar-refractivity contribution in [1.82, 2.24) is 0 Å². The van der Waals surface area contributed by atoms with Gasteiger partial charge in [0, 0.05) is 8.86 Å². The predicted octanol–water partition coefficient (Wildman–Crippen LogP) is 1.56. The number of halogens is 2. The van der Waals surface area contributed by atoms with Crippen LogP contribution in [-0.2, 0) is 4.79 Å². The molecule has 0 amide bonds. The van der Waals surface area contributed by atoms with E-state index in [2.05, 4.69) is 45.2 Å². The van der Waals surface area contributed by atoms with E-state index in [1.165, 1.54) is 0 Å². The summed E-state index contributed by atoms with van der Waals surface area (Å²) in [5, 5.41) is 8.36. The van der Waals surface area contributed by atoms with Crippen molar-refractivity contribution in [3.8, 4) is 0 Å². The Morgan fingerprint density at radius 3 is 1.88 bits per heavy atom. The Morgan fingerprint density at radius 1 is 1.50 bits per heavy atom. The average Bonchev–Trinajstić information content (AvgIpc) is 1.69. The molecule has 0 aliphatic carbocycles. The van der Waals surface area contributed by atoms with E-state index < -0.39 is 5.97 Å². The quantitative estimate of drug-likeness (QED) is 0.626. The van der Waals surface area contributed by atoms with Crippen LogP contribution in [0.3, 0.4) is 0 Å². The van der Waals surface area contributed by atoms with Gasteiger partial charge in [0.05, 0.1) is 5.92 Å². The molecular formula is C4H6I2O2. The first-order chi connectivity index (χ1) is 3.72. The minimum atomic E-state index is -0.686. The molecular weight excluding hydrogens is 334 g/mol. The third-order valence-corrected chi connectivity index (χ3v) is 2.85. The van der Waals surface area contributed by atoms with E-state index in [1.807, 2.05) is 0 Å². The Labute approximate surface area is 75.3 Å². The normalized spacial score (nSPS) is 9.88. The van der Waals surface area contributed by atoms with Crippen molar-refractivity contribution in [2.75, 3.05) is 8.86 Å². The largest absolute Gasteiger partial charge is 0.481 e. The molecule has 0 rings (SSSR count). The third-order valence-electron chi connectivity index (χ3n) is 0.722. The molecule has 0 atom stereocenters. The zero-order valence-corrected chi connectivity index (χ0v) is 8.42. The predicted molar refractivity (Wildman–Crippen MR) is 48.9 cm³/mol. The van der Waals surface area contributed by atoms with Crippen LogP contribution in [0.1, 0.15) is 0 Å². The number of carboxylic acids is 1. The van der Waals surface area contributed by atoms with E-state index in [1.54, 1.807) is 0 Å². The van der Waals surface area contributed by atoms with Crippen LogP contribution in [0.2, 0.25) is 0 Å². The summed E-state index contributed by atoms with van der Waals surface area (Å²) in [6.07, 6.45) is 0. The molecule has 0 saturated carbocycles. The van der Waals surface area contributed by atoms with Gasteiger partial charge in [-0.2, -0.15) is 0 Å². The highest BCUT2D eigenvalue weighted by atomic mass is 127. The monoisotopic (exact) mass is 340 g/mol. The van der Waals surface area contributed by atoms with Crippen molar-refractivity contribution in [2.24, 2.45) is 5.92 Å². The molecule has 0 spiro atoms. The van der Waals surface area contributed by atoms with Gasteiger partial charge >= 0.3 is 5.97 Å². The van der Waals surface area contributed by atoms with E-state index in [0.29, 0.717) is 8.86 Å². The first-order valence-corrected chi connectivity index (χ1v) is 5.12. The maximum Gasteiger partial charge on any atom is 0.308 e. The van der Waals surface area contributed by atoms with Crippen molar-refractivity contribution in [3.05, 3.63) is 0 Å². The molecule has 0 saturated heterocycles. The molecule has 0 bridgehead atoms. The van der Waals surface area contributed by atoms with E-state index in [4.69, 9.17) is 5.11 Å². The first-order valence-electron chi connectivity index (χ1n) is 2.07. The summed E-state index contributed by atoms with van der Waals surface area (Å²) in [4.78, 5) is 10.2. The summed E-state index contributed by atoms with van der Waals surface area (Å²) in [6, 6.07) is 0. The van der Waals surface area contributed by atoms with Gasteiger partial charge in [-0.3, -0.25) is 4.79 Å². The Balaban J connectivity index is 3.52. The molecule has 2 nitrogen and oxygen atoms in total. The number of carboxylic acid groups (broad SMARTS) is 1. The van der Waals surface area contributed by atoms with Crippen LogP contribution < -0.4 is 0 Å². The van der Waals surface area contributed by atoms with Gasteiger partial charge in [-0.05, 0) is 0 Å². The number of rotatable bonds is 3. The summed E-state index contributed by atoms with van der Waals surface area (Å²) in [5.41, 5.74) is 0. The second-order valence-electron chi connectivity index (χ2n) is 1.34. The van der Waals surface area contributed by atoms with Crippen molar-refractivity contribution >= 4 is 51.2 Å². The minimum absolute atomic E-state index is 0.156. The molecule has 0 aliphatic heterocycles. The Morgan fingerprint density at radius 2 is 1.88 bits per heavy atom. The summed E-state index contributed by atoms with van der Waals surface area (Å²) >= 11 is 4.16. The molecule has 0 aromatic carbocycles. The van der Waals surface area contributed by atoms with Crippen LogP contribution in [0.15, 0.2) is 0 Å². The standard InChI is InChI=1S/C4H6I2O2/c5-1-3(2-6)4(7)8/h3H,1-2H2,(H,7,8). The molecule has 0 aliphatic rings. The molecule has 0 radical (unpaired) electrons. The zero-order chi connectivity index (χ0) is 6.57. The summed E-state index contributed by atoms with van der Waals surface area (Å²) < 4.78 is 1.41. The molecule has 0 fully saturated rings. The number of carbonyl (C=O) groups is 1. The maximum atomic E-state index is 10.2. The zero-order valence-electron chi connectivity index (χ0n) is 4.10. The Kier molecular flexibility index (Phi) is 5.33. The highest BCUT2D eigenvalue weighted by Gasteiger charge is 2.12. The van der Waals surface area contributed by atoms with Crippen LogP contribution in [0, 0.1) is 5.92 Å². The third kappa shape index (κ3) is 3.06. The second kappa shape index (κ2) is 4.78. The SMILES string of the molecule is O=C(O)C(CI)CI. The van der Waals surface area contributed by atoms with Crippen molar-refractivity contribution in [2.45, 2.75) is 0 Å². The van der Waals surface area contributed by atoms with E-state index in [9.17, 15) is 4.79 Å². The smallest absolute Gasteiger partial charge is 0.308 e. The number of hydrogen-bond donors (Lipinski definition) is 1. The van der Waals surface area contributed by atoms with Gasteiger partial charge in [0.1, 0.15) is 0 Å². The highest BCUT2D eigenvalue weighted by molar-refractivity contribution is 14.1. The Hall–Kier alpha value is 0.930. The fourth-order valence-electron chi connectivity index (χ4n) is 0.173. The first kappa shape index (κ1) is 8.93. The Bertz CT molecular complexity index is 80.1. The van der Waals surface area contributed by atoms with E-state index >= 15 is 0 Å². The lowest BCUT2D eigenvalue weighted by atomic mass is 10.2. The van der Waals surface area contributed by atoms with E-state index in [-0.39, 0.29) is 5.92 Å². The van der Waals surface area contributed by atoms with Crippen molar-refractivity contribution in [3.63, 3.8) is 0 Å². The van der Waals surface area contributed by atoms with Crippen molar-refractivity contribution in [1.29, 1.82) is 0 Å². The molecule has 0 aromatic rings. The summed E-state index contributed by atoms with van der Waals surface area (Å²) in [5.74, 6) is -0.843. The van der Waals surface area contributed by atoms with Crippen LogP contribution in [0.4, 0.5) is 0 Å². The lowest BCUT2D eigenvalue weighted by Crippen LogP contribution is -2.15. The molecule has 1 N–H and O–H groups in total. The number of aliphatic carboxylic acids is 1. The summed E-state index contributed by atoms with van der Waals surface area (Å²) in [6.45, 7) is 0. The van der Waals surface area contributed by atoms with Crippen LogP contribution in [0.25, 0.3) is 0 Å². The van der Waals surface area contributed by atoms with Crippen molar-refractivity contribution < 1.29 is 9.90 Å². The molecule has 0 aromatic heterocycles. The molecule has 48 valence electrons. The minimum Gasteiger partial charge on any atom is -0.481 e. The highest BCUT2D eigenvalue weighted by Crippen LogP contribution is 2.05. The second-order valence-corrected chi connectivity index (χ2v) is 3.11. The van der Waals surface area contributed by atoms with Crippen LogP contribution in [-0.4, -0.2) is 19.9 Å². The lowest BCUT2D eigenvalue weighted by Gasteiger charge is -2.00. The van der Waals surface area contributed by atoms with Gasteiger partial charge < -0.3 is 5.11 Å². The van der Waals surface area contributed by atoms with Gasteiger partial charge in [-0.1, -0.05) is 45.2 Å². The van der Waals surface area contributed by atoms with Gasteiger partial charge in [0.2, 0.25) is 0 Å². The van der Waals surface area contributed by atoms with Gasteiger partial charge in [0.25, 0.3) is 0 Å². The van der Waals surface area contributed by atoms with Gasteiger partial charge in [0.15, 0.2) is 0 Å². The van der Waals surface area contributed by atoms with Crippen LogP contribution >= 0.6 is 45.2 Å². The molecule has 4 heteroatoms. The fraction of sp³-hybridized carbons (Fsp3) is 0.750. The topological polar surface area (TPSA) is 37.3 Å². The van der Waals surface area contributed by atoms with E-state index in [0.717, 1.165) is 0 Å². The average molecular weight is 340 g/mol. The fourth-order valence-corrected chi connectivity index (χ4v) is 2.74. The summed E-state index contributed by atoms with van der Waals surface area (Å²) in [7, 11) is 0. The van der Waals surface area contributed by atoms with Gasteiger partial charge in [-0.25, -0.2) is 0 Å². The molecule has 0 heterocycles. The number of alkyl halides is 2. The number of hydrogen-bond acceptors (Lipinski definition) is 1. The van der Waals surface area contributed by atoms with Gasteiger partial charge in [-0.15, -0.1) is 0 Å². The molecule has 8 heavy (non-hydrogen) atoms. The molecule has 0 unspecified atom stereocenters. The maximum absolute atomic E-state index is 10.2. The van der Waals surface area contributed by atoms with Crippen LogP contribution in [0.5, 0.6) is 0 Å².